The number of furan rings is 1. The zero-order valence-corrected chi connectivity index (χ0v) is 12.6. The molecule has 0 amide bonds. The minimum Gasteiger partial charge on any atom is -0.492 e. The molecule has 1 aliphatic rings. The first-order chi connectivity index (χ1) is 11.3. The summed E-state index contributed by atoms with van der Waals surface area (Å²) in [6.07, 6.45) is 1.85. The highest BCUT2D eigenvalue weighted by Gasteiger charge is 2.44. The summed E-state index contributed by atoms with van der Waals surface area (Å²) < 4.78 is 11.2. The third kappa shape index (κ3) is 2.25. The van der Waals surface area contributed by atoms with E-state index in [4.69, 9.17) is 9.15 Å². The fraction of sp³-hybridized carbons (Fsp3) is 0.150. The van der Waals surface area contributed by atoms with Gasteiger partial charge in [0.2, 0.25) is 0 Å². The zero-order chi connectivity index (χ0) is 15.7. The molecule has 114 valence electrons. The highest BCUT2D eigenvalue weighted by atomic mass is 16.5. The van der Waals surface area contributed by atoms with E-state index in [-0.39, 0.29) is 5.78 Å². The molecule has 0 bridgehead atoms. The third-order valence-corrected chi connectivity index (χ3v) is 4.46. The predicted octanol–water partition coefficient (Wildman–Crippen LogP) is 4.23. The van der Waals surface area contributed by atoms with Gasteiger partial charge in [-0.15, -0.1) is 0 Å². The van der Waals surface area contributed by atoms with Crippen molar-refractivity contribution in [3.8, 4) is 5.75 Å². The van der Waals surface area contributed by atoms with Crippen LogP contribution in [0.15, 0.2) is 77.4 Å². The van der Waals surface area contributed by atoms with Crippen molar-refractivity contribution in [3.05, 3.63) is 89.9 Å². The van der Waals surface area contributed by atoms with Crippen molar-refractivity contribution in [2.75, 3.05) is 6.61 Å². The van der Waals surface area contributed by atoms with Gasteiger partial charge in [0.05, 0.1) is 11.7 Å². The first kappa shape index (κ1) is 13.8. The van der Waals surface area contributed by atoms with E-state index in [0.29, 0.717) is 18.8 Å². The van der Waals surface area contributed by atoms with Crippen LogP contribution in [-0.4, -0.2) is 12.4 Å². The van der Waals surface area contributed by atoms with Crippen molar-refractivity contribution in [2.24, 2.45) is 0 Å². The number of para-hydroxylation sites is 1. The second-order valence-electron chi connectivity index (χ2n) is 5.81. The molecule has 0 radical (unpaired) electrons. The fourth-order valence-corrected chi connectivity index (χ4v) is 3.31. The number of hydrogen-bond acceptors (Lipinski definition) is 3. The Labute approximate surface area is 134 Å². The molecular formula is C20H16O3. The highest BCUT2D eigenvalue weighted by molar-refractivity contribution is 5.95. The van der Waals surface area contributed by atoms with Crippen LogP contribution < -0.4 is 4.74 Å². The summed E-state index contributed by atoms with van der Waals surface area (Å²) in [5.74, 6) is 1.23. The van der Waals surface area contributed by atoms with E-state index in [1.54, 1.807) is 12.1 Å². The summed E-state index contributed by atoms with van der Waals surface area (Å²) >= 11 is 0. The van der Waals surface area contributed by atoms with Crippen molar-refractivity contribution >= 4 is 5.78 Å². The standard InChI is InChI=1S/C20H16O3/c21-17(19-11-6-12-22-19)13-20(15-7-2-1-3-8-15)14-23-18-10-5-4-9-16(18)20/h1-12H,13-14H2/t20-/m0/s1. The number of fused-ring (bicyclic) bond motifs is 1. The molecule has 3 aromatic rings. The Morgan fingerprint density at radius 3 is 2.52 bits per heavy atom. The van der Waals surface area contributed by atoms with Gasteiger partial charge in [0.25, 0.3) is 0 Å². The Kier molecular flexibility index (Phi) is 3.27. The molecule has 2 aromatic carbocycles. The summed E-state index contributed by atoms with van der Waals surface area (Å²) in [6, 6.07) is 21.5. The molecule has 0 saturated carbocycles. The summed E-state index contributed by atoms with van der Waals surface area (Å²) in [5, 5.41) is 0. The maximum atomic E-state index is 12.7. The van der Waals surface area contributed by atoms with Crippen molar-refractivity contribution in [3.63, 3.8) is 0 Å². The number of benzene rings is 2. The first-order valence-electron chi connectivity index (χ1n) is 7.64. The Bertz CT molecular complexity index is 821. The van der Waals surface area contributed by atoms with Crippen LogP contribution in [0.5, 0.6) is 5.75 Å². The molecule has 2 heterocycles. The van der Waals surface area contributed by atoms with Crippen molar-refractivity contribution in [1.82, 2.24) is 0 Å². The van der Waals surface area contributed by atoms with Gasteiger partial charge in [-0.1, -0.05) is 48.5 Å². The average molecular weight is 304 g/mol. The molecule has 0 spiro atoms. The topological polar surface area (TPSA) is 39.4 Å². The van der Waals surface area contributed by atoms with Crippen LogP contribution in [0.2, 0.25) is 0 Å². The summed E-state index contributed by atoms with van der Waals surface area (Å²) in [7, 11) is 0. The molecule has 0 fully saturated rings. The van der Waals surface area contributed by atoms with Gasteiger partial charge < -0.3 is 9.15 Å². The summed E-state index contributed by atoms with van der Waals surface area (Å²) in [5.41, 5.74) is 1.68. The zero-order valence-electron chi connectivity index (χ0n) is 12.6. The van der Waals surface area contributed by atoms with E-state index in [2.05, 4.69) is 12.1 Å². The molecule has 1 aliphatic heterocycles. The molecular weight excluding hydrogens is 288 g/mol. The van der Waals surface area contributed by atoms with Gasteiger partial charge in [-0.25, -0.2) is 0 Å². The number of carbonyl (C=O) groups excluding carboxylic acids is 1. The molecule has 23 heavy (non-hydrogen) atoms. The van der Waals surface area contributed by atoms with Crippen LogP contribution in [0.1, 0.15) is 28.1 Å². The van der Waals surface area contributed by atoms with Gasteiger partial charge in [0, 0.05) is 12.0 Å². The minimum absolute atomic E-state index is 0.0147. The van der Waals surface area contributed by atoms with Crippen LogP contribution in [0.25, 0.3) is 0 Å². The highest BCUT2D eigenvalue weighted by Crippen LogP contribution is 2.46. The van der Waals surface area contributed by atoms with E-state index in [1.807, 2.05) is 42.5 Å². The van der Waals surface area contributed by atoms with Gasteiger partial charge in [-0.2, -0.15) is 0 Å². The van der Waals surface area contributed by atoms with Crippen molar-refractivity contribution in [2.45, 2.75) is 11.8 Å². The second-order valence-corrected chi connectivity index (χ2v) is 5.81. The first-order valence-corrected chi connectivity index (χ1v) is 7.64. The molecule has 4 rings (SSSR count). The Morgan fingerprint density at radius 1 is 0.957 bits per heavy atom. The lowest BCUT2D eigenvalue weighted by Gasteiger charge is -2.27. The smallest absolute Gasteiger partial charge is 0.199 e. The molecule has 1 atom stereocenters. The van der Waals surface area contributed by atoms with Crippen LogP contribution >= 0.6 is 0 Å². The number of ketones is 1. The van der Waals surface area contributed by atoms with E-state index in [9.17, 15) is 4.79 Å². The summed E-state index contributed by atoms with van der Waals surface area (Å²) in [4.78, 5) is 12.7. The summed E-state index contributed by atoms with van der Waals surface area (Å²) in [6.45, 7) is 0.461. The van der Waals surface area contributed by atoms with Crippen LogP contribution in [0.3, 0.4) is 0 Å². The molecule has 0 N–H and O–H groups in total. The van der Waals surface area contributed by atoms with Gasteiger partial charge in [0.15, 0.2) is 11.5 Å². The largest absolute Gasteiger partial charge is 0.492 e. The molecule has 0 aliphatic carbocycles. The number of carbonyl (C=O) groups is 1. The lowest BCUT2D eigenvalue weighted by Crippen LogP contribution is -2.32. The van der Waals surface area contributed by atoms with Crippen molar-refractivity contribution < 1.29 is 13.9 Å². The minimum atomic E-state index is -0.471. The Hall–Kier alpha value is -2.81. The molecule has 1 aromatic heterocycles. The second kappa shape index (κ2) is 5.43. The van der Waals surface area contributed by atoms with E-state index in [1.165, 1.54) is 6.26 Å². The van der Waals surface area contributed by atoms with Crippen LogP contribution in [0.4, 0.5) is 0 Å². The Balaban J connectivity index is 1.82. The normalized spacial score (nSPS) is 19.1. The fourth-order valence-electron chi connectivity index (χ4n) is 3.31. The quantitative estimate of drug-likeness (QED) is 0.677. The van der Waals surface area contributed by atoms with Crippen LogP contribution in [-0.2, 0) is 5.41 Å². The van der Waals surface area contributed by atoms with Crippen molar-refractivity contribution in [1.29, 1.82) is 0 Å². The molecule has 3 nitrogen and oxygen atoms in total. The Morgan fingerprint density at radius 2 is 1.74 bits per heavy atom. The van der Waals surface area contributed by atoms with E-state index < -0.39 is 5.41 Å². The average Bonchev–Trinajstić information content (AvgIpc) is 3.25. The van der Waals surface area contributed by atoms with Crippen LogP contribution in [0, 0.1) is 0 Å². The molecule has 0 saturated heterocycles. The predicted molar refractivity (Wildman–Crippen MR) is 86.8 cm³/mol. The van der Waals surface area contributed by atoms with Gasteiger partial charge in [0.1, 0.15) is 12.4 Å². The van der Waals surface area contributed by atoms with E-state index in [0.717, 1.165) is 16.9 Å². The molecule has 0 unspecified atom stereocenters. The SMILES string of the molecule is O=C(C[C@@]1(c2ccccc2)COc2ccccc21)c1ccco1. The maximum absolute atomic E-state index is 12.7. The number of hydrogen-bond donors (Lipinski definition) is 0. The van der Waals surface area contributed by atoms with Gasteiger partial charge >= 0.3 is 0 Å². The van der Waals surface area contributed by atoms with Gasteiger partial charge in [-0.05, 0) is 23.8 Å². The number of Topliss-reactive ketones (excluding diaryl/α,β-unsaturated/α-hetero) is 1. The van der Waals surface area contributed by atoms with Gasteiger partial charge in [-0.3, -0.25) is 4.79 Å². The third-order valence-electron chi connectivity index (χ3n) is 4.46. The lowest BCUT2D eigenvalue weighted by molar-refractivity contribution is 0.0923. The lowest BCUT2D eigenvalue weighted by atomic mass is 9.72. The molecule has 3 heteroatoms. The number of rotatable bonds is 4. The monoisotopic (exact) mass is 304 g/mol. The maximum Gasteiger partial charge on any atom is 0.199 e. The number of ether oxygens (including phenoxy) is 1. The van der Waals surface area contributed by atoms with E-state index >= 15 is 0 Å².